The fraction of sp³-hybridized carbons (Fsp3) is 0. The highest BCUT2D eigenvalue weighted by Gasteiger charge is 2.17. The molecule has 0 atom stereocenters. The SMILES string of the molecule is c1ccc(-n2c3ccccc3c3cc(-c4cccc(-c5ccc6sc7cccc(-c8cnc9c(n8)sc8ccc%10ccccc%10c89)c7c6c5)c4)ccc32)cc1. The highest BCUT2D eigenvalue weighted by Crippen LogP contribution is 2.43. The molecule has 0 unspecified atom stereocenters. The second-order valence-electron chi connectivity index (χ2n) is 14.2. The van der Waals surface area contributed by atoms with E-state index in [0.717, 1.165) is 21.6 Å². The number of thiophene rings is 2. The normalized spacial score (nSPS) is 12.0. The second kappa shape index (κ2) is 11.9. The van der Waals surface area contributed by atoms with E-state index < -0.39 is 0 Å². The molecule has 12 aromatic rings. The Bertz CT molecular complexity index is 3500. The summed E-state index contributed by atoms with van der Waals surface area (Å²) in [6.45, 7) is 0. The van der Waals surface area contributed by atoms with Gasteiger partial charge >= 0.3 is 0 Å². The Balaban J connectivity index is 0.969. The number of nitrogens with zero attached hydrogens (tertiary/aromatic N) is 3. The van der Waals surface area contributed by atoms with Gasteiger partial charge < -0.3 is 4.57 Å². The molecule has 0 aliphatic heterocycles. The molecule has 0 saturated heterocycles. The zero-order valence-corrected chi connectivity index (χ0v) is 31.0. The van der Waals surface area contributed by atoms with Crippen molar-refractivity contribution in [2.24, 2.45) is 0 Å². The molecule has 8 aromatic carbocycles. The van der Waals surface area contributed by atoms with Crippen molar-refractivity contribution in [2.45, 2.75) is 0 Å². The molecular formula is C50H29N3S2. The fourth-order valence-corrected chi connectivity index (χ4v) is 10.7. The molecule has 4 heterocycles. The first-order chi connectivity index (χ1) is 27.2. The van der Waals surface area contributed by atoms with Crippen molar-refractivity contribution in [1.29, 1.82) is 0 Å². The Hall–Kier alpha value is -6.66. The molecule has 12 rings (SSSR count). The van der Waals surface area contributed by atoms with Crippen LogP contribution in [0.5, 0.6) is 0 Å². The van der Waals surface area contributed by atoms with Gasteiger partial charge in [0.05, 0.1) is 22.9 Å². The molecule has 4 aromatic heterocycles. The molecule has 0 fully saturated rings. The van der Waals surface area contributed by atoms with Gasteiger partial charge in [-0.05, 0) is 93.7 Å². The summed E-state index contributed by atoms with van der Waals surface area (Å²) in [5, 5.41) is 8.65. The summed E-state index contributed by atoms with van der Waals surface area (Å²) in [7, 11) is 0. The minimum atomic E-state index is 0.907. The molecule has 0 aliphatic rings. The summed E-state index contributed by atoms with van der Waals surface area (Å²) < 4.78 is 6.11. The zero-order valence-electron chi connectivity index (χ0n) is 29.4. The third-order valence-electron chi connectivity index (χ3n) is 11.1. The van der Waals surface area contributed by atoms with E-state index in [-0.39, 0.29) is 0 Å². The molecule has 0 bridgehead atoms. The Morgan fingerprint density at radius 1 is 0.436 bits per heavy atom. The maximum Gasteiger partial charge on any atom is 0.143 e. The van der Waals surface area contributed by atoms with E-state index in [4.69, 9.17) is 9.97 Å². The van der Waals surface area contributed by atoms with Gasteiger partial charge in [0.15, 0.2) is 0 Å². The van der Waals surface area contributed by atoms with E-state index in [1.54, 1.807) is 11.3 Å². The number of fused-ring (bicyclic) bond motifs is 11. The Morgan fingerprint density at radius 2 is 1.13 bits per heavy atom. The summed E-state index contributed by atoms with van der Waals surface area (Å²) >= 11 is 3.56. The molecule has 0 radical (unpaired) electrons. The van der Waals surface area contributed by atoms with E-state index >= 15 is 0 Å². The van der Waals surface area contributed by atoms with Gasteiger partial charge in [0.25, 0.3) is 0 Å². The van der Waals surface area contributed by atoms with E-state index in [1.165, 1.54) is 90.8 Å². The van der Waals surface area contributed by atoms with Gasteiger partial charge in [-0.1, -0.05) is 109 Å². The molecule has 0 N–H and O–H groups in total. The number of benzene rings is 8. The molecule has 0 aliphatic carbocycles. The lowest BCUT2D eigenvalue weighted by Crippen LogP contribution is -1.92. The van der Waals surface area contributed by atoms with Crippen LogP contribution in [-0.2, 0) is 0 Å². The third kappa shape index (κ3) is 4.74. The summed E-state index contributed by atoms with van der Waals surface area (Å²) in [5.41, 5.74) is 11.4. The van der Waals surface area contributed by atoms with Gasteiger partial charge in [0.2, 0.25) is 0 Å². The topological polar surface area (TPSA) is 30.7 Å². The number of hydrogen-bond donors (Lipinski definition) is 0. The highest BCUT2D eigenvalue weighted by molar-refractivity contribution is 7.26. The first-order valence-electron chi connectivity index (χ1n) is 18.5. The van der Waals surface area contributed by atoms with Gasteiger partial charge in [-0.25, -0.2) is 4.98 Å². The van der Waals surface area contributed by atoms with Crippen molar-refractivity contribution in [3.8, 4) is 39.2 Å². The van der Waals surface area contributed by atoms with Crippen LogP contribution in [0.15, 0.2) is 176 Å². The summed E-state index contributed by atoms with van der Waals surface area (Å²) in [6.07, 6.45) is 1.97. The molecule has 256 valence electrons. The van der Waals surface area contributed by atoms with Gasteiger partial charge in [-0.3, -0.25) is 4.98 Å². The van der Waals surface area contributed by atoms with Gasteiger partial charge in [0, 0.05) is 52.3 Å². The Morgan fingerprint density at radius 3 is 2.02 bits per heavy atom. The average Bonchev–Trinajstić information content (AvgIpc) is 3.93. The lowest BCUT2D eigenvalue weighted by molar-refractivity contribution is 1.18. The summed E-state index contributed by atoms with van der Waals surface area (Å²) in [5.74, 6) is 0. The van der Waals surface area contributed by atoms with Crippen LogP contribution in [0.4, 0.5) is 0 Å². The van der Waals surface area contributed by atoms with Crippen LogP contribution < -0.4 is 0 Å². The predicted molar refractivity (Wildman–Crippen MR) is 236 cm³/mol. The zero-order chi connectivity index (χ0) is 36.0. The van der Waals surface area contributed by atoms with Crippen LogP contribution in [0.25, 0.3) is 112 Å². The minimum absolute atomic E-state index is 0.907. The smallest absolute Gasteiger partial charge is 0.143 e. The fourth-order valence-electron chi connectivity index (χ4n) is 8.54. The lowest BCUT2D eigenvalue weighted by Gasteiger charge is -2.09. The molecular weight excluding hydrogens is 707 g/mol. The standard InChI is InChI=1S/C50H29N3S2/c1-2-13-35(14-3-1)53-42-18-7-6-16-37(42)39-27-33(20-23-43(39)53)31-11-8-12-32(26-31)34-22-24-44-40(28-34)47-38(17-9-19-45(47)54-44)41-29-51-49-48-36-15-5-4-10-30(36)21-25-46(48)55-50(49)52-41/h1-29H. The van der Waals surface area contributed by atoms with Crippen molar-refractivity contribution < 1.29 is 0 Å². The quantitative estimate of drug-likeness (QED) is 0.180. The molecule has 5 heteroatoms. The Labute approximate surface area is 324 Å². The number of aromatic nitrogens is 3. The van der Waals surface area contributed by atoms with Crippen LogP contribution in [0.1, 0.15) is 0 Å². The maximum absolute atomic E-state index is 5.27. The van der Waals surface area contributed by atoms with Crippen molar-refractivity contribution in [3.63, 3.8) is 0 Å². The first kappa shape index (κ1) is 30.8. The maximum atomic E-state index is 5.27. The van der Waals surface area contributed by atoms with E-state index in [2.05, 4.69) is 174 Å². The number of para-hydroxylation sites is 2. The first-order valence-corrected chi connectivity index (χ1v) is 20.1. The average molecular weight is 736 g/mol. The van der Waals surface area contributed by atoms with Crippen molar-refractivity contribution >= 4 is 95.9 Å². The van der Waals surface area contributed by atoms with Crippen molar-refractivity contribution in [3.05, 3.63) is 176 Å². The van der Waals surface area contributed by atoms with Crippen LogP contribution >= 0.6 is 22.7 Å². The van der Waals surface area contributed by atoms with Gasteiger partial charge in [0.1, 0.15) is 10.3 Å². The number of rotatable bonds is 4. The molecule has 0 spiro atoms. The molecule has 55 heavy (non-hydrogen) atoms. The molecule has 0 saturated carbocycles. The number of hydrogen-bond acceptors (Lipinski definition) is 4. The summed E-state index contributed by atoms with van der Waals surface area (Å²) in [6, 6.07) is 61.7. The van der Waals surface area contributed by atoms with Gasteiger partial charge in [-0.15, -0.1) is 22.7 Å². The largest absolute Gasteiger partial charge is 0.309 e. The van der Waals surface area contributed by atoms with E-state index in [1.807, 2.05) is 17.5 Å². The van der Waals surface area contributed by atoms with E-state index in [0.29, 0.717) is 0 Å². The summed E-state index contributed by atoms with van der Waals surface area (Å²) in [4.78, 5) is 11.3. The van der Waals surface area contributed by atoms with Crippen LogP contribution in [0, 0.1) is 0 Å². The Kier molecular flexibility index (Phi) is 6.67. The molecule has 0 amide bonds. The minimum Gasteiger partial charge on any atom is -0.309 e. The second-order valence-corrected chi connectivity index (χ2v) is 16.3. The highest BCUT2D eigenvalue weighted by atomic mass is 32.1. The monoisotopic (exact) mass is 735 g/mol. The predicted octanol–water partition coefficient (Wildman–Crippen LogP) is 14.5. The van der Waals surface area contributed by atoms with Crippen molar-refractivity contribution in [2.75, 3.05) is 0 Å². The van der Waals surface area contributed by atoms with Gasteiger partial charge in [-0.2, -0.15) is 0 Å². The van der Waals surface area contributed by atoms with Crippen LogP contribution in [0.3, 0.4) is 0 Å². The van der Waals surface area contributed by atoms with Crippen molar-refractivity contribution in [1.82, 2.24) is 14.5 Å². The van der Waals surface area contributed by atoms with E-state index in [9.17, 15) is 0 Å². The third-order valence-corrected chi connectivity index (χ3v) is 13.2. The van der Waals surface area contributed by atoms with Crippen LogP contribution in [-0.4, -0.2) is 14.5 Å². The lowest BCUT2D eigenvalue weighted by atomic mass is 9.96. The molecule has 3 nitrogen and oxygen atoms in total. The van der Waals surface area contributed by atoms with Crippen LogP contribution in [0.2, 0.25) is 0 Å².